The highest BCUT2D eigenvalue weighted by Crippen LogP contribution is 2.36. The van der Waals surface area contributed by atoms with Crippen LogP contribution in [0.25, 0.3) is 11.3 Å². The lowest BCUT2D eigenvalue weighted by atomic mass is 10.1. The normalized spacial score (nSPS) is 10.3. The number of aromatic nitrogens is 2. The van der Waals surface area contributed by atoms with Crippen molar-refractivity contribution in [3.63, 3.8) is 0 Å². The molecule has 0 aliphatic carbocycles. The van der Waals surface area contributed by atoms with Crippen LogP contribution in [0.1, 0.15) is 13.3 Å². The quantitative estimate of drug-likeness (QED) is 0.665. The van der Waals surface area contributed by atoms with Crippen molar-refractivity contribution in [1.29, 1.82) is 0 Å². The van der Waals surface area contributed by atoms with Gasteiger partial charge in [0.15, 0.2) is 5.69 Å². The van der Waals surface area contributed by atoms with E-state index in [0.717, 1.165) is 10.9 Å². The summed E-state index contributed by atoms with van der Waals surface area (Å²) in [6.07, 6.45) is 2.19. The van der Waals surface area contributed by atoms with Crippen molar-refractivity contribution in [2.45, 2.75) is 13.3 Å². The first kappa shape index (κ1) is 14.4. The average molecular weight is 337 g/mol. The van der Waals surface area contributed by atoms with Gasteiger partial charge in [0.05, 0.1) is 4.92 Å². The molecule has 1 aromatic heterocycles. The third-order valence-electron chi connectivity index (χ3n) is 2.68. The van der Waals surface area contributed by atoms with E-state index in [0.29, 0.717) is 17.8 Å². The van der Waals surface area contributed by atoms with Crippen molar-refractivity contribution in [3.8, 4) is 11.3 Å². The summed E-state index contributed by atoms with van der Waals surface area (Å²) in [5, 5.41) is 14.3. The zero-order chi connectivity index (χ0) is 14.5. The number of anilines is 1. The van der Waals surface area contributed by atoms with Gasteiger partial charge in [-0.3, -0.25) is 10.1 Å². The SMILES string of the molecule is CCCNc1ncnc(-c2ccccc2Br)c1[N+](=O)[O-]. The van der Waals surface area contributed by atoms with Crippen molar-refractivity contribution in [2.24, 2.45) is 0 Å². The van der Waals surface area contributed by atoms with Crippen molar-refractivity contribution in [2.75, 3.05) is 11.9 Å². The second-order valence-electron chi connectivity index (χ2n) is 4.08. The summed E-state index contributed by atoms with van der Waals surface area (Å²) in [5.74, 6) is 0.248. The molecule has 0 saturated carbocycles. The molecule has 0 unspecified atom stereocenters. The Morgan fingerprint density at radius 3 is 2.75 bits per heavy atom. The van der Waals surface area contributed by atoms with E-state index in [1.54, 1.807) is 6.07 Å². The first-order chi connectivity index (χ1) is 9.65. The first-order valence-corrected chi connectivity index (χ1v) is 6.92. The Labute approximate surface area is 124 Å². The summed E-state index contributed by atoms with van der Waals surface area (Å²) in [4.78, 5) is 19.0. The minimum Gasteiger partial charge on any atom is -0.364 e. The number of nitro groups is 1. The molecule has 6 nitrogen and oxygen atoms in total. The summed E-state index contributed by atoms with van der Waals surface area (Å²) in [7, 11) is 0. The van der Waals surface area contributed by atoms with Gasteiger partial charge in [-0.25, -0.2) is 9.97 Å². The number of nitrogens with zero attached hydrogens (tertiary/aromatic N) is 3. The standard InChI is InChI=1S/C13H13BrN4O2/c1-2-7-15-13-12(18(19)20)11(16-8-17-13)9-5-3-4-6-10(9)14/h3-6,8H,2,7H2,1H3,(H,15,16,17). The Kier molecular flexibility index (Phi) is 4.62. The second kappa shape index (κ2) is 6.42. The van der Waals surface area contributed by atoms with Crippen LogP contribution in [-0.2, 0) is 0 Å². The van der Waals surface area contributed by atoms with Crippen LogP contribution in [0.5, 0.6) is 0 Å². The van der Waals surface area contributed by atoms with Gasteiger partial charge in [0.25, 0.3) is 0 Å². The molecule has 0 amide bonds. The Balaban J connectivity index is 2.58. The zero-order valence-corrected chi connectivity index (χ0v) is 12.4. The monoisotopic (exact) mass is 336 g/mol. The lowest BCUT2D eigenvalue weighted by Gasteiger charge is -2.08. The summed E-state index contributed by atoms with van der Waals surface area (Å²) in [5.41, 5.74) is 0.866. The van der Waals surface area contributed by atoms with E-state index in [-0.39, 0.29) is 11.5 Å². The molecule has 0 fully saturated rings. The molecular formula is C13H13BrN4O2. The second-order valence-corrected chi connectivity index (χ2v) is 4.94. The van der Waals surface area contributed by atoms with Gasteiger partial charge in [0.1, 0.15) is 6.33 Å². The highest BCUT2D eigenvalue weighted by molar-refractivity contribution is 9.10. The molecule has 1 heterocycles. The fourth-order valence-electron chi connectivity index (χ4n) is 1.77. The third kappa shape index (κ3) is 2.93. The number of benzene rings is 1. The molecular weight excluding hydrogens is 324 g/mol. The van der Waals surface area contributed by atoms with E-state index in [4.69, 9.17) is 0 Å². The highest BCUT2D eigenvalue weighted by atomic mass is 79.9. The smallest absolute Gasteiger partial charge is 0.337 e. The Morgan fingerprint density at radius 2 is 2.10 bits per heavy atom. The molecule has 0 saturated heterocycles. The number of halogens is 1. The summed E-state index contributed by atoms with van der Waals surface area (Å²) in [6, 6.07) is 7.26. The molecule has 1 aromatic carbocycles. The molecule has 7 heteroatoms. The molecule has 2 aromatic rings. The van der Waals surface area contributed by atoms with Crippen LogP contribution in [-0.4, -0.2) is 21.4 Å². The van der Waals surface area contributed by atoms with Crippen molar-refractivity contribution in [1.82, 2.24) is 9.97 Å². The highest BCUT2D eigenvalue weighted by Gasteiger charge is 2.24. The van der Waals surface area contributed by atoms with Gasteiger partial charge < -0.3 is 5.32 Å². The molecule has 0 aliphatic heterocycles. The number of rotatable bonds is 5. The molecule has 0 radical (unpaired) electrons. The Hall–Kier alpha value is -2.02. The van der Waals surface area contributed by atoms with Crippen LogP contribution >= 0.6 is 15.9 Å². The molecule has 104 valence electrons. The van der Waals surface area contributed by atoms with Crippen LogP contribution in [0.15, 0.2) is 35.1 Å². The number of hydrogen-bond donors (Lipinski definition) is 1. The number of hydrogen-bond acceptors (Lipinski definition) is 5. The van der Waals surface area contributed by atoms with Gasteiger partial charge in [-0.2, -0.15) is 0 Å². The molecule has 2 rings (SSSR count). The van der Waals surface area contributed by atoms with Gasteiger partial charge in [0, 0.05) is 16.6 Å². The minimum absolute atomic E-state index is 0.104. The van der Waals surface area contributed by atoms with Gasteiger partial charge in [-0.1, -0.05) is 41.1 Å². The van der Waals surface area contributed by atoms with Crippen molar-refractivity contribution >= 4 is 27.4 Å². The van der Waals surface area contributed by atoms with E-state index in [1.807, 2.05) is 25.1 Å². The van der Waals surface area contributed by atoms with Crippen molar-refractivity contribution in [3.05, 3.63) is 45.2 Å². The van der Waals surface area contributed by atoms with Crippen molar-refractivity contribution < 1.29 is 4.92 Å². The maximum absolute atomic E-state index is 11.4. The number of nitrogens with one attached hydrogen (secondary N) is 1. The van der Waals surface area contributed by atoms with Crippen LogP contribution in [0.4, 0.5) is 11.5 Å². The fraction of sp³-hybridized carbons (Fsp3) is 0.231. The zero-order valence-electron chi connectivity index (χ0n) is 10.8. The van der Waals surface area contributed by atoms with Gasteiger partial charge in [-0.05, 0) is 12.5 Å². The molecule has 20 heavy (non-hydrogen) atoms. The first-order valence-electron chi connectivity index (χ1n) is 6.13. The Bertz CT molecular complexity index is 634. The fourth-order valence-corrected chi connectivity index (χ4v) is 2.25. The van der Waals surface area contributed by atoms with Crippen LogP contribution in [0.3, 0.4) is 0 Å². The van der Waals surface area contributed by atoms with Gasteiger partial charge >= 0.3 is 5.69 Å². The average Bonchev–Trinajstić information content (AvgIpc) is 2.45. The molecule has 0 spiro atoms. The molecule has 1 N–H and O–H groups in total. The lowest BCUT2D eigenvalue weighted by molar-refractivity contribution is -0.383. The molecule has 0 bridgehead atoms. The summed E-state index contributed by atoms with van der Waals surface area (Å²) in [6.45, 7) is 2.60. The topological polar surface area (TPSA) is 81.0 Å². The Morgan fingerprint density at radius 1 is 1.35 bits per heavy atom. The van der Waals surface area contributed by atoms with E-state index in [2.05, 4.69) is 31.2 Å². The maximum atomic E-state index is 11.4. The summed E-state index contributed by atoms with van der Waals surface area (Å²) >= 11 is 3.39. The van der Waals surface area contributed by atoms with Crippen LogP contribution in [0, 0.1) is 10.1 Å². The van der Waals surface area contributed by atoms with Gasteiger partial charge in [-0.15, -0.1) is 0 Å². The minimum atomic E-state index is -0.452. The van der Waals surface area contributed by atoms with Gasteiger partial charge in [0.2, 0.25) is 5.82 Å². The lowest BCUT2D eigenvalue weighted by Crippen LogP contribution is -2.07. The van der Waals surface area contributed by atoms with E-state index in [9.17, 15) is 10.1 Å². The largest absolute Gasteiger partial charge is 0.364 e. The molecule has 0 aliphatic rings. The van der Waals surface area contributed by atoms with Crippen LogP contribution in [0.2, 0.25) is 0 Å². The van der Waals surface area contributed by atoms with E-state index >= 15 is 0 Å². The maximum Gasteiger partial charge on any atom is 0.337 e. The predicted molar refractivity (Wildman–Crippen MR) is 80.6 cm³/mol. The van der Waals surface area contributed by atoms with Crippen LogP contribution < -0.4 is 5.32 Å². The molecule has 0 atom stereocenters. The third-order valence-corrected chi connectivity index (χ3v) is 3.37. The van der Waals surface area contributed by atoms with E-state index < -0.39 is 4.92 Å². The summed E-state index contributed by atoms with van der Waals surface area (Å²) < 4.78 is 0.753. The predicted octanol–water partition coefficient (Wildman–Crippen LogP) is 3.64. The van der Waals surface area contributed by atoms with E-state index in [1.165, 1.54) is 6.33 Å².